The van der Waals surface area contributed by atoms with Gasteiger partial charge in [-0.25, -0.2) is 15.0 Å². The first-order valence-corrected chi connectivity index (χ1v) is 18.8. The molecule has 0 N–H and O–H groups in total. The van der Waals surface area contributed by atoms with E-state index in [0.29, 0.717) is 17.5 Å². The Morgan fingerprint density at radius 1 is 0.236 bits per heavy atom. The van der Waals surface area contributed by atoms with Crippen LogP contribution in [0.5, 0.6) is 0 Å². The van der Waals surface area contributed by atoms with Crippen LogP contribution in [0.2, 0.25) is 0 Å². The van der Waals surface area contributed by atoms with E-state index in [-0.39, 0.29) is 0 Å². The third-order valence-corrected chi connectivity index (χ3v) is 11.4. The molecule has 2 aliphatic carbocycles. The van der Waals surface area contributed by atoms with Crippen LogP contribution in [0, 0.1) is 0 Å². The predicted octanol–water partition coefficient (Wildman–Crippen LogP) is 12.6. The van der Waals surface area contributed by atoms with Gasteiger partial charge >= 0.3 is 0 Å². The number of fused-ring (bicyclic) bond motifs is 12. The zero-order valence-electron chi connectivity index (χ0n) is 29.9. The molecule has 0 saturated heterocycles. The Labute approximate surface area is 320 Å². The minimum atomic E-state index is -0.584. The number of hydrogen-bond acceptors (Lipinski definition) is 3. The Morgan fingerprint density at radius 2 is 0.564 bits per heavy atom. The lowest BCUT2D eigenvalue weighted by molar-refractivity contribution is 0.775. The number of benzene rings is 8. The molecule has 0 radical (unpaired) electrons. The lowest BCUT2D eigenvalue weighted by Crippen LogP contribution is -2.29. The summed E-state index contributed by atoms with van der Waals surface area (Å²) in [7, 11) is 0. The number of hydrogen-bond donors (Lipinski definition) is 0. The molecule has 3 nitrogen and oxygen atoms in total. The Morgan fingerprint density at radius 3 is 1.09 bits per heavy atom. The molecule has 8 aromatic carbocycles. The standard InChI is InChI=1S/C52H33N3/c1-3-15-34(16-4-1)35-27-29-37(30-28-35)50-53-49(36-17-5-2-6-18-36)54-51(55-50)38-31-32-44-43-23-11-14-26-47(43)52(48(44)33-38)45-24-12-9-21-41(45)39-19-7-8-20-40(39)42-22-10-13-25-46(42)52/h1-33H. The molecule has 11 rings (SSSR count). The van der Waals surface area contributed by atoms with Gasteiger partial charge in [-0.3, -0.25) is 0 Å². The maximum atomic E-state index is 5.23. The van der Waals surface area contributed by atoms with Crippen LogP contribution in [0.4, 0.5) is 0 Å². The van der Waals surface area contributed by atoms with E-state index in [1.165, 1.54) is 61.2 Å². The van der Waals surface area contributed by atoms with Crippen LogP contribution in [-0.2, 0) is 5.41 Å². The smallest absolute Gasteiger partial charge is 0.164 e. The minimum absolute atomic E-state index is 0.584. The van der Waals surface area contributed by atoms with Gasteiger partial charge in [0.05, 0.1) is 5.41 Å². The molecule has 55 heavy (non-hydrogen) atoms. The molecular weight excluding hydrogens is 667 g/mol. The van der Waals surface area contributed by atoms with E-state index in [0.717, 1.165) is 22.3 Å². The summed E-state index contributed by atoms with van der Waals surface area (Å²) in [5.74, 6) is 1.93. The fourth-order valence-corrected chi connectivity index (χ4v) is 8.98. The van der Waals surface area contributed by atoms with Crippen LogP contribution in [0.1, 0.15) is 22.3 Å². The first-order chi connectivity index (χ1) is 27.3. The highest BCUT2D eigenvalue weighted by atomic mass is 15.0. The van der Waals surface area contributed by atoms with E-state index in [2.05, 4.69) is 176 Å². The second-order valence-corrected chi connectivity index (χ2v) is 14.3. The highest BCUT2D eigenvalue weighted by Gasteiger charge is 2.49. The first-order valence-electron chi connectivity index (χ1n) is 18.8. The molecule has 256 valence electrons. The van der Waals surface area contributed by atoms with Gasteiger partial charge in [0.1, 0.15) is 0 Å². The van der Waals surface area contributed by atoms with Crippen LogP contribution >= 0.6 is 0 Å². The Kier molecular flexibility index (Phi) is 7.08. The molecule has 1 spiro atoms. The summed E-state index contributed by atoms with van der Waals surface area (Å²) < 4.78 is 0. The molecule has 9 aromatic rings. The van der Waals surface area contributed by atoms with E-state index in [1.54, 1.807) is 0 Å². The average Bonchev–Trinajstić information content (AvgIpc) is 3.51. The van der Waals surface area contributed by atoms with Gasteiger partial charge in [-0.2, -0.15) is 0 Å². The number of aromatic nitrogens is 3. The van der Waals surface area contributed by atoms with Crippen molar-refractivity contribution in [3.8, 4) is 78.7 Å². The van der Waals surface area contributed by atoms with Crippen molar-refractivity contribution < 1.29 is 0 Å². The number of rotatable bonds is 4. The molecule has 0 atom stereocenters. The third-order valence-electron chi connectivity index (χ3n) is 11.4. The molecule has 0 unspecified atom stereocenters. The largest absolute Gasteiger partial charge is 0.208 e. The molecule has 0 saturated carbocycles. The molecule has 3 heteroatoms. The van der Waals surface area contributed by atoms with Gasteiger partial charge in [0.2, 0.25) is 0 Å². The van der Waals surface area contributed by atoms with Gasteiger partial charge in [0.15, 0.2) is 17.5 Å². The van der Waals surface area contributed by atoms with Crippen molar-refractivity contribution in [3.05, 3.63) is 222 Å². The molecule has 1 aromatic heterocycles. The highest BCUT2D eigenvalue weighted by molar-refractivity contribution is 5.97. The Balaban J connectivity index is 1.16. The van der Waals surface area contributed by atoms with Crippen LogP contribution < -0.4 is 0 Å². The minimum Gasteiger partial charge on any atom is -0.208 e. The van der Waals surface area contributed by atoms with Crippen molar-refractivity contribution in [2.24, 2.45) is 0 Å². The van der Waals surface area contributed by atoms with Crippen LogP contribution in [0.15, 0.2) is 200 Å². The van der Waals surface area contributed by atoms with Crippen LogP contribution in [0.3, 0.4) is 0 Å². The van der Waals surface area contributed by atoms with Gasteiger partial charge in [0, 0.05) is 16.7 Å². The number of nitrogens with zero attached hydrogens (tertiary/aromatic N) is 3. The summed E-state index contributed by atoms with van der Waals surface area (Å²) in [6.07, 6.45) is 0. The van der Waals surface area contributed by atoms with Crippen LogP contribution in [-0.4, -0.2) is 15.0 Å². The molecule has 0 bridgehead atoms. The fraction of sp³-hybridized carbons (Fsp3) is 0.0192. The van der Waals surface area contributed by atoms with E-state index in [1.807, 2.05) is 24.3 Å². The SMILES string of the molecule is c1ccc(-c2ccc(-c3nc(-c4ccccc4)nc(-c4ccc5c(c4)C4(c6ccccc6-c6ccccc6-c6ccccc64)c4ccccc4-5)n3)cc2)cc1. The van der Waals surface area contributed by atoms with E-state index < -0.39 is 5.41 Å². The highest BCUT2D eigenvalue weighted by Crippen LogP contribution is 2.61. The maximum absolute atomic E-state index is 5.23. The molecule has 0 aliphatic heterocycles. The summed E-state index contributed by atoms with van der Waals surface area (Å²) >= 11 is 0. The topological polar surface area (TPSA) is 38.7 Å². The average molecular weight is 700 g/mol. The van der Waals surface area contributed by atoms with Gasteiger partial charge < -0.3 is 0 Å². The summed E-state index contributed by atoms with van der Waals surface area (Å²) in [6, 6.07) is 71.7. The first kappa shape index (κ1) is 31.3. The monoisotopic (exact) mass is 699 g/mol. The van der Waals surface area contributed by atoms with Gasteiger partial charge in [-0.1, -0.05) is 194 Å². The lowest BCUT2D eigenvalue weighted by Gasteiger charge is -2.35. The molecule has 1 heterocycles. The summed E-state index contributed by atoms with van der Waals surface area (Å²) in [5, 5.41) is 0. The molecule has 0 amide bonds. The Hall–Kier alpha value is -7.23. The quantitative estimate of drug-likeness (QED) is 0.184. The van der Waals surface area contributed by atoms with Crippen molar-refractivity contribution in [1.29, 1.82) is 0 Å². The summed E-state index contributed by atoms with van der Waals surface area (Å²) in [5.41, 5.74) is 17.1. The van der Waals surface area contributed by atoms with Gasteiger partial charge in [0.25, 0.3) is 0 Å². The van der Waals surface area contributed by atoms with Crippen LogP contribution in [0.25, 0.3) is 78.7 Å². The zero-order valence-corrected chi connectivity index (χ0v) is 29.9. The van der Waals surface area contributed by atoms with E-state index >= 15 is 0 Å². The van der Waals surface area contributed by atoms with Gasteiger partial charge in [-0.05, 0) is 72.8 Å². The lowest BCUT2D eigenvalue weighted by atomic mass is 9.66. The van der Waals surface area contributed by atoms with Gasteiger partial charge in [-0.15, -0.1) is 0 Å². The van der Waals surface area contributed by atoms with E-state index in [4.69, 9.17) is 15.0 Å². The van der Waals surface area contributed by atoms with Crippen molar-refractivity contribution in [3.63, 3.8) is 0 Å². The zero-order chi connectivity index (χ0) is 36.3. The summed E-state index contributed by atoms with van der Waals surface area (Å²) in [4.78, 5) is 15.5. The normalized spacial score (nSPS) is 12.9. The second-order valence-electron chi connectivity index (χ2n) is 14.3. The van der Waals surface area contributed by atoms with Crippen molar-refractivity contribution >= 4 is 0 Å². The molecular formula is C52H33N3. The van der Waals surface area contributed by atoms with Crippen molar-refractivity contribution in [2.45, 2.75) is 5.41 Å². The van der Waals surface area contributed by atoms with Crippen molar-refractivity contribution in [1.82, 2.24) is 15.0 Å². The predicted molar refractivity (Wildman–Crippen MR) is 223 cm³/mol. The molecule has 0 fully saturated rings. The maximum Gasteiger partial charge on any atom is 0.164 e. The fourth-order valence-electron chi connectivity index (χ4n) is 8.98. The third kappa shape index (κ3) is 4.80. The van der Waals surface area contributed by atoms with Crippen molar-refractivity contribution in [2.75, 3.05) is 0 Å². The summed E-state index contributed by atoms with van der Waals surface area (Å²) in [6.45, 7) is 0. The Bertz CT molecular complexity index is 2850. The van der Waals surface area contributed by atoms with E-state index in [9.17, 15) is 0 Å². The molecule has 2 aliphatic rings. The second kappa shape index (κ2) is 12.4.